The van der Waals surface area contributed by atoms with Gasteiger partial charge in [-0.1, -0.05) is 17.7 Å². The maximum absolute atomic E-state index is 13.6. The monoisotopic (exact) mass is 492 g/mol. The summed E-state index contributed by atoms with van der Waals surface area (Å²) in [5.41, 5.74) is 9.62. The van der Waals surface area contributed by atoms with Crippen LogP contribution in [0.5, 0.6) is 0 Å². The molecule has 2 atom stereocenters. The second-order valence-electron chi connectivity index (χ2n) is 9.00. The zero-order valence-electron chi connectivity index (χ0n) is 19.6. The molecule has 0 bridgehead atoms. The number of β-amino-alcohol motifs (C(OH)–C–C–N with tert-alkyl or cyclic N) is 1. The highest BCUT2D eigenvalue weighted by Crippen LogP contribution is 2.32. The number of pyridine rings is 1. The lowest BCUT2D eigenvalue weighted by Crippen LogP contribution is -2.50. The molecule has 10 heteroatoms. The van der Waals surface area contributed by atoms with E-state index < -0.39 is 16.1 Å². The van der Waals surface area contributed by atoms with Crippen LogP contribution in [-0.4, -0.2) is 57.5 Å². The number of aliphatic hydroxyl groups is 1. The third-order valence-corrected chi connectivity index (χ3v) is 8.09. The Morgan fingerprint density at radius 2 is 1.80 bits per heavy atom. The van der Waals surface area contributed by atoms with Crippen molar-refractivity contribution in [3.63, 3.8) is 0 Å². The van der Waals surface area contributed by atoms with Gasteiger partial charge >= 0.3 is 0 Å². The summed E-state index contributed by atoms with van der Waals surface area (Å²) >= 11 is 0. The predicted octanol–water partition coefficient (Wildman–Crippen LogP) is 2.39. The molecule has 1 aliphatic rings. The van der Waals surface area contributed by atoms with Gasteiger partial charge in [0.15, 0.2) is 0 Å². The standard InChI is InChI=1S/C25H28N6O3S/c1-17-3-6-21(7-4-17)35(33,34)31-15-19(11-23(31)20-13-28-29(2)14-20)18-5-8-25(27-12-18)30-10-9-22(26)24(32)16-30/h3-8,11-15,22,24,32H,9-10,16,26H2,1-2H3/t22-,24+/m0/s1. The number of piperidine rings is 1. The number of nitrogens with two attached hydrogens (primary N) is 1. The Kier molecular flexibility index (Phi) is 5.96. The third-order valence-electron chi connectivity index (χ3n) is 6.40. The average Bonchev–Trinajstić information content (AvgIpc) is 3.48. The fourth-order valence-corrected chi connectivity index (χ4v) is 5.67. The van der Waals surface area contributed by atoms with E-state index in [-0.39, 0.29) is 10.9 Å². The highest BCUT2D eigenvalue weighted by atomic mass is 32.2. The van der Waals surface area contributed by atoms with Gasteiger partial charge in [-0.25, -0.2) is 17.4 Å². The van der Waals surface area contributed by atoms with Gasteiger partial charge in [-0.3, -0.25) is 4.68 Å². The van der Waals surface area contributed by atoms with E-state index in [2.05, 4.69) is 10.1 Å². The summed E-state index contributed by atoms with van der Waals surface area (Å²) in [4.78, 5) is 6.80. The summed E-state index contributed by atoms with van der Waals surface area (Å²) in [5.74, 6) is 0.749. The fraction of sp³-hybridized carbons (Fsp3) is 0.280. The minimum atomic E-state index is -3.84. The SMILES string of the molecule is Cc1ccc(S(=O)(=O)n2cc(-c3ccc(N4CC[C@H](N)[C@H](O)C4)nc3)cc2-c2cnn(C)c2)cc1. The van der Waals surface area contributed by atoms with Crippen LogP contribution in [0, 0.1) is 6.92 Å². The van der Waals surface area contributed by atoms with E-state index in [9.17, 15) is 13.5 Å². The van der Waals surface area contributed by atoms with Crippen molar-refractivity contribution in [2.45, 2.75) is 30.4 Å². The van der Waals surface area contributed by atoms with Crippen molar-refractivity contribution in [3.8, 4) is 22.4 Å². The molecule has 3 aromatic heterocycles. The Labute approximate surface area is 204 Å². The van der Waals surface area contributed by atoms with Crippen molar-refractivity contribution in [1.29, 1.82) is 0 Å². The topological polar surface area (TPSA) is 119 Å². The number of nitrogens with zero attached hydrogens (tertiary/aromatic N) is 5. The van der Waals surface area contributed by atoms with Crippen LogP contribution in [0.3, 0.4) is 0 Å². The molecular weight excluding hydrogens is 464 g/mol. The summed E-state index contributed by atoms with van der Waals surface area (Å²) in [5, 5.41) is 14.3. The Bertz CT molecular complexity index is 1440. The summed E-state index contributed by atoms with van der Waals surface area (Å²) in [7, 11) is -2.05. The second kappa shape index (κ2) is 8.95. The molecule has 5 rings (SSSR count). The Balaban J connectivity index is 1.53. The van der Waals surface area contributed by atoms with Gasteiger partial charge in [-0.15, -0.1) is 0 Å². The zero-order valence-corrected chi connectivity index (χ0v) is 20.4. The molecule has 0 amide bonds. The minimum absolute atomic E-state index is 0.214. The first-order valence-electron chi connectivity index (χ1n) is 11.4. The maximum Gasteiger partial charge on any atom is 0.268 e. The molecule has 9 nitrogen and oxygen atoms in total. The first-order valence-corrected chi connectivity index (χ1v) is 12.8. The molecule has 1 aromatic carbocycles. The molecule has 0 radical (unpaired) electrons. The van der Waals surface area contributed by atoms with Gasteiger partial charge in [0.05, 0.1) is 22.9 Å². The molecule has 1 aliphatic heterocycles. The van der Waals surface area contributed by atoms with E-state index in [1.54, 1.807) is 60.8 Å². The van der Waals surface area contributed by atoms with Crippen LogP contribution in [0.4, 0.5) is 5.82 Å². The van der Waals surface area contributed by atoms with Gasteiger partial charge < -0.3 is 15.7 Å². The zero-order chi connectivity index (χ0) is 24.7. The van der Waals surface area contributed by atoms with Gasteiger partial charge in [0.1, 0.15) is 5.82 Å². The van der Waals surface area contributed by atoms with Crippen LogP contribution in [0.2, 0.25) is 0 Å². The van der Waals surface area contributed by atoms with Gasteiger partial charge in [0, 0.05) is 61.5 Å². The third kappa shape index (κ3) is 4.47. The summed E-state index contributed by atoms with van der Waals surface area (Å²) in [6.45, 7) is 3.07. The normalized spacial score (nSPS) is 18.7. The van der Waals surface area contributed by atoms with Crippen LogP contribution in [-0.2, 0) is 17.1 Å². The molecule has 1 saturated heterocycles. The molecule has 182 valence electrons. The van der Waals surface area contributed by atoms with Gasteiger partial charge in [-0.2, -0.15) is 5.10 Å². The molecule has 0 saturated carbocycles. The van der Waals surface area contributed by atoms with E-state index >= 15 is 0 Å². The van der Waals surface area contributed by atoms with Crippen molar-refractivity contribution < 1.29 is 13.5 Å². The van der Waals surface area contributed by atoms with Crippen LogP contribution in [0.15, 0.2) is 72.1 Å². The largest absolute Gasteiger partial charge is 0.390 e. The van der Waals surface area contributed by atoms with E-state index in [1.165, 1.54) is 3.97 Å². The van der Waals surface area contributed by atoms with E-state index in [4.69, 9.17) is 5.73 Å². The minimum Gasteiger partial charge on any atom is -0.390 e. The lowest BCUT2D eigenvalue weighted by molar-refractivity contribution is 0.131. The van der Waals surface area contributed by atoms with Crippen LogP contribution < -0.4 is 10.6 Å². The Morgan fingerprint density at radius 1 is 1.03 bits per heavy atom. The van der Waals surface area contributed by atoms with E-state index in [0.717, 1.165) is 29.1 Å². The highest BCUT2D eigenvalue weighted by Gasteiger charge is 2.26. The first kappa shape index (κ1) is 23.3. The van der Waals surface area contributed by atoms with Crippen molar-refractivity contribution in [2.75, 3.05) is 18.0 Å². The van der Waals surface area contributed by atoms with Crippen LogP contribution in [0.1, 0.15) is 12.0 Å². The molecule has 0 aliphatic carbocycles. The summed E-state index contributed by atoms with van der Waals surface area (Å²) < 4.78 is 30.1. The number of benzene rings is 1. The molecule has 3 N–H and O–H groups in total. The Morgan fingerprint density at radius 3 is 2.43 bits per heavy atom. The quantitative estimate of drug-likeness (QED) is 0.439. The van der Waals surface area contributed by atoms with Gasteiger partial charge in [0.2, 0.25) is 0 Å². The number of hydrogen-bond acceptors (Lipinski definition) is 7. The van der Waals surface area contributed by atoms with Crippen molar-refractivity contribution >= 4 is 15.8 Å². The molecule has 35 heavy (non-hydrogen) atoms. The lowest BCUT2D eigenvalue weighted by atomic mass is 10.0. The van der Waals surface area contributed by atoms with Crippen LogP contribution in [0.25, 0.3) is 22.4 Å². The van der Waals surface area contributed by atoms with Gasteiger partial charge in [0.25, 0.3) is 10.0 Å². The number of rotatable bonds is 5. The predicted molar refractivity (Wildman–Crippen MR) is 134 cm³/mol. The summed E-state index contributed by atoms with van der Waals surface area (Å²) in [6, 6.07) is 12.2. The number of anilines is 1. The number of aromatic nitrogens is 4. The second-order valence-corrected chi connectivity index (χ2v) is 10.8. The molecule has 4 heterocycles. The summed E-state index contributed by atoms with van der Waals surface area (Å²) in [6.07, 6.45) is 6.88. The fourth-order valence-electron chi connectivity index (χ4n) is 4.29. The molecule has 0 spiro atoms. The maximum atomic E-state index is 13.6. The van der Waals surface area contributed by atoms with Crippen molar-refractivity contribution in [1.82, 2.24) is 18.7 Å². The van der Waals surface area contributed by atoms with Crippen LogP contribution >= 0.6 is 0 Å². The highest BCUT2D eigenvalue weighted by molar-refractivity contribution is 7.90. The number of aliphatic hydroxyl groups excluding tert-OH is 1. The lowest BCUT2D eigenvalue weighted by Gasteiger charge is -2.34. The molecule has 0 unspecified atom stereocenters. The molecular formula is C25H28N6O3S. The van der Waals surface area contributed by atoms with Gasteiger partial charge in [-0.05, 0) is 43.7 Å². The van der Waals surface area contributed by atoms with E-state index in [1.807, 2.05) is 30.0 Å². The van der Waals surface area contributed by atoms with Crippen molar-refractivity contribution in [3.05, 3.63) is 72.8 Å². The first-order chi connectivity index (χ1) is 16.7. The molecule has 4 aromatic rings. The van der Waals surface area contributed by atoms with Crippen molar-refractivity contribution in [2.24, 2.45) is 12.8 Å². The smallest absolute Gasteiger partial charge is 0.268 e. The molecule has 1 fully saturated rings. The number of aryl methyl sites for hydroxylation is 2. The Hall–Kier alpha value is -3.47. The number of hydrogen-bond donors (Lipinski definition) is 2. The van der Waals surface area contributed by atoms with E-state index in [0.29, 0.717) is 24.2 Å². The average molecular weight is 493 g/mol.